The topological polar surface area (TPSA) is 56.7 Å². The maximum Gasteiger partial charge on any atom is 0.223 e. The zero-order valence-corrected chi connectivity index (χ0v) is 19.6. The van der Waals surface area contributed by atoms with Crippen molar-refractivity contribution in [3.8, 4) is 0 Å². The lowest BCUT2D eigenvalue weighted by Gasteiger charge is -2.16. The Balaban J connectivity index is 0.00000300. The number of benzene rings is 2. The number of rotatable bonds is 7. The molecule has 5 nitrogen and oxygen atoms in total. The van der Waals surface area contributed by atoms with E-state index in [1.165, 1.54) is 22.3 Å². The maximum atomic E-state index is 12.5. The fourth-order valence-electron chi connectivity index (χ4n) is 3.32. The third-order valence-corrected chi connectivity index (χ3v) is 4.94. The fourth-order valence-corrected chi connectivity index (χ4v) is 3.32. The van der Waals surface area contributed by atoms with Crippen molar-refractivity contribution in [2.24, 2.45) is 4.99 Å². The van der Waals surface area contributed by atoms with Crippen LogP contribution in [0.4, 0.5) is 0 Å². The van der Waals surface area contributed by atoms with Crippen LogP contribution in [0.2, 0.25) is 0 Å². The van der Waals surface area contributed by atoms with Crippen molar-refractivity contribution in [2.75, 3.05) is 13.1 Å². The number of nitrogens with one attached hydrogen (secondary N) is 2. The number of fused-ring (bicyclic) bond motifs is 1. The van der Waals surface area contributed by atoms with Crippen LogP contribution in [0.25, 0.3) is 0 Å². The van der Waals surface area contributed by atoms with E-state index in [-0.39, 0.29) is 29.9 Å². The second-order valence-corrected chi connectivity index (χ2v) is 7.23. The quantitative estimate of drug-likeness (QED) is 0.259. The summed E-state index contributed by atoms with van der Waals surface area (Å²) >= 11 is 0. The van der Waals surface area contributed by atoms with Crippen molar-refractivity contribution in [1.82, 2.24) is 15.5 Å². The maximum absolute atomic E-state index is 12.5. The Kier molecular flexibility index (Phi) is 9.44. The van der Waals surface area contributed by atoms with E-state index in [4.69, 9.17) is 0 Å². The zero-order valence-electron chi connectivity index (χ0n) is 17.3. The minimum absolute atomic E-state index is 0. The summed E-state index contributed by atoms with van der Waals surface area (Å²) in [6.07, 6.45) is 1.35. The normalized spacial score (nSPS) is 12.9. The van der Waals surface area contributed by atoms with E-state index in [9.17, 15) is 4.79 Å². The molecule has 0 saturated carbocycles. The first-order chi connectivity index (χ1) is 13.7. The largest absolute Gasteiger partial charge is 0.357 e. The molecule has 0 aromatic heterocycles. The summed E-state index contributed by atoms with van der Waals surface area (Å²) in [4.78, 5) is 19.1. The molecule has 0 unspecified atom stereocenters. The van der Waals surface area contributed by atoms with Crippen molar-refractivity contribution < 1.29 is 4.79 Å². The Morgan fingerprint density at radius 1 is 1.03 bits per heavy atom. The average Bonchev–Trinajstić information content (AvgIpc) is 3.14. The third-order valence-electron chi connectivity index (χ3n) is 4.94. The average molecular weight is 506 g/mol. The molecule has 3 rings (SSSR count). The smallest absolute Gasteiger partial charge is 0.223 e. The Morgan fingerprint density at radius 2 is 1.69 bits per heavy atom. The number of hydrogen-bond donors (Lipinski definition) is 2. The number of aliphatic imine (C=N–C) groups is 1. The van der Waals surface area contributed by atoms with Crippen molar-refractivity contribution in [1.29, 1.82) is 0 Å². The van der Waals surface area contributed by atoms with E-state index in [2.05, 4.69) is 65.9 Å². The Labute approximate surface area is 191 Å². The molecule has 0 spiro atoms. The number of carbonyl (C=O) groups is 1. The molecule has 156 valence electrons. The molecule has 6 heteroatoms. The molecule has 2 N–H and O–H groups in total. The number of aryl methyl sites for hydroxylation is 1. The number of carbonyl (C=O) groups excluding carboxylic acids is 1. The van der Waals surface area contributed by atoms with Crippen LogP contribution in [-0.2, 0) is 24.4 Å². The van der Waals surface area contributed by atoms with Crippen LogP contribution in [0.1, 0.15) is 42.0 Å². The van der Waals surface area contributed by atoms with E-state index < -0.39 is 0 Å². The van der Waals surface area contributed by atoms with Crippen molar-refractivity contribution in [2.45, 2.75) is 46.3 Å². The molecule has 1 heterocycles. The van der Waals surface area contributed by atoms with Gasteiger partial charge in [-0.05, 0) is 37.0 Å². The third kappa shape index (κ3) is 7.03. The molecule has 0 bridgehead atoms. The van der Waals surface area contributed by atoms with Crippen LogP contribution in [0.15, 0.2) is 53.5 Å². The predicted octanol–water partition coefficient (Wildman–Crippen LogP) is 3.99. The molecule has 1 aliphatic heterocycles. The fraction of sp³-hybridized carbons (Fsp3) is 0.391. The molecule has 2 aromatic rings. The highest BCUT2D eigenvalue weighted by atomic mass is 127. The summed E-state index contributed by atoms with van der Waals surface area (Å²) in [6.45, 7) is 7.79. The summed E-state index contributed by atoms with van der Waals surface area (Å²) in [5.41, 5.74) is 4.98. The van der Waals surface area contributed by atoms with Crippen LogP contribution >= 0.6 is 24.0 Å². The van der Waals surface area contributed by atoms with Crippen molar-refractivity contribution in [3.63, 3.8) is 0 Å². The molecule has 0 aliphatic carbocycles. The second kappa shape index (κ2) is 11.8. The molecule has 2 aromatic carbocycles. The van der Waals surface area contributed by atoms with Crippen molar-refractivity contribution in [3.05, 3.63) is 70.8 Å². The highest BCUT2D eigenvalue weighted by Gasteiger charge is 2.22. The minimum atomic E-state index is 0. The van der Waals surface area contributed by atoms with Gasteiger partial charge >= 0.3 is 0 Å². The number of amides is 1. The summed E-state index contributed by atoms with van der Waals surface area (Å²) in [5.74, 6) is 1.02. The highest BCUT2D eigenvalue weighted by molar-refractivity contribution is 14.0. The van der Waals surface area contributed by atoms with E-state index in [1.807, 2.05) is 17.0 Å². The molecule has 0 atom stereocenters. The SMILES string of the molecule is CCNC(=NCc1ccc(C)cc1)NCCCC(=O)N1Cc2ccccc2C1.I. The van der Waals surface area contributed by atoms with Crippen LogP contribution in [0.5, 0.6) is 0 Å². The van der Waals surface area contributed by atoms with Gasteiger partial charge in [-0.15, -0.1) is 24.0 Å². The lowest BCUT2D eigenvalue weighted by molar-refractivity contribution is -0.131. The lowest BCUT2D eigenvalue weighted by Crippen LogP contribution is -2.38. The van der Waals surface area contributed by atoms with Gasteiger partial charge in [-0.2, -0.15) is 0 Å². The van der Waals surface area contributed by atoms with Gasteiger partial charge in [0, 0.05) is 32.6 Å². The first-order valence-corrected chi connectivity index (χ1v) is 10.1. The first-order valence-electron chi connectivity index (χ1n) is 10.1. The summed E-state index contributed by atoms with van der Waals surface area (Å²) in [5, 5.41) is 6.60. The highest BCUT2D eigenvalue weighted by Crippen LogP contribution is 2.22. The Bertz CT molecular complexity index is 795. The first kappa shape index (κ1) is 23.2. The second-order valence-electron chi connectivity index (χ2n) is 7.23. The molecule has 0 radical (unpaired) electrons. The molecule has 0 saturated heterocycles. The van der Waals surface area contributed by atoms with Gasteiger partial charge in [-0.25, -0.2) is 4.99 Å². The molecule has 0 fully saturated rings. The predicted molar refractivity (Wildman–Crippen MR) is 129 cm³/mol. The molecule has 1 amide bonds. The monoisotopic (exact) mass is 506 g/mol. The standard InChI is InChI=1S/C23H30N4O.HI/c1-3-24-23(26-15-19-12-10-18(2)11-13-19)25-14-6-9-22(28)27-16-20-7-4-5-8-21(20)17-27;/h4-5,7-8,10-13H,3,6,9,14-17H2,1-2H3,(H2,24,25,26);1H. The Hall–Kier alpha value is -2.09. The van der Waals surface area contributed by atoms with Gasteiger partial charge in [0.2, 0.25) is 5.91 Å². The summed E-state index contributed by atoms with van der Waals surface area (Å²) in [7, 11) is 0. The number of halogens is 1. The zero-order chi connectivity index (χ0) is 19.8. The van der Waals surface area contributed by atoms with Gasteiger partial charge in [0.25, 0.3) is 0 Å². The van der Waals surface area contributed by atoms with Crippen LogP contribution in [0.3, 0.4) is 0 Å². The molecular formula is C23H31IN4O. The Morgan fingerprint density at radius 3 is 2.31 bits per heavy atom. The number of nitrogens with zero attached hydrogens (tertiary/aromatic N) is 2. The van der Waals surface area contributed by atoms with Crippen LogP contribution in [0, 0.1) is 6.92 Å². The van der Waals surface area contributed by atoms with Crippen LogP contribution in [-0.4, -0.2) is 29.9 Å². The van der Waals surface area contributed by atoms with Gasteiger partial charge in [-0.1, -0.05) is 54.1 Å². The van der Waals surface area contributed by atoms with E-state index >= 15 is 0 Å². The van der Waals surface area contributed by atoms with Gasteiger partial charge in [0.15, 0.2) is 5.96 Å². The number of guanidine groups is 1. The van der Waals surface area contributed by atoms with Gasteiger partial charge in [-0.3, -0.25) is 4.79 Å². The molecule has 1 aliphatic rings. The minimum Gasteiger partial charge on any atom is -0.357 e. The van der Waals surface area contributed by atoms with E-state index in [0.717, 1.165) is 38.6 Å². The van der Waals surface area contributed by atoms with E-state index in [0.29, 0.717) is 13.0 Å². The van der Waals surface area contributed by atoms with Crippen LogP contribution < -0.4 is 10.6 Å². The van der Waals surface area contributed by atoms with Crippen molar-refractivity contribution >= 4 is 35.8 Å². The van der Waals surface area contributed by atoms with Gasteiger partial charge in [0.05, 0.1) is 6.54 Å². The van der Waals surface area contributed by atoms with Gasteiger partial charge < -0.3 is 15.5 Å². The molecule has 29 heavy (non-hydrogen) atoms. The summed E-state index contributed by atoms with van der Waals surface area (Å²) in [6, 6.07) is 16.7. The lowest BCUT2D eigenvalue weighted by atomic mass is 10.1. The molecular weight excluding hydrogens is 475 g/mol. The van der Waals surface area contributed by atoms with Gasteiger partial charge in [0.1, 0.15) is 0 Å². The van der Waals surface area contributed by atoms with E-state index in [1.54, 1.807) is 0 Å². The number of hydrogen-bond acceptors (Lipinski definition) is 2. The summed E-state index contributed by atoms with van der Waals surface area (Å²) < 4.78 is 0.